The molecular formula is C18H22ClN3O. The van der Waals surface area contributed by atoms with Gasteiger partial charge in [-0.05, 0) is 30.2 Å². The molecule has 5 heteroatoms. The summed E-state index contributed by atoms with van der Waals surface area (Å²) in [7, 11) is 2.02. The molecule has 0 radical (unpaired) electrons. The van der Waals surface area contributed by atoms with Gasteiger partial charge in [-0.15, -0.1) is 0 Å². The molecule has 0 bridgehead atoms. The van der Waals surface area contributed by atoms with Crippen molar-refractivity contribution < 1.29 is 4.79 Å². The Morgan fingerprint density at radius 3 is 2.83 bits per heavy atom. The summed E-state index contributed by atoms with van der Waals surface area (Å²) in [6.07, 6.45) is 3.93. The quantitative estimate of drug-likeness (QED) is 0.836. The van der Waals surface area contributed by atoms with Crippen LogP contribution in [0.15, 0.2) is 42.6 Å². The van der Waals surface area contributed by atoms with Gasteiger partial charge in [-0.1, -0.05) is 43.1 Å². The largest absolute Gasteiger partial charge is 0.374 e. The third-order valence-corrected chi connectivity index (χ3v) is 4.03. The first-order valence-corrected chi connectivity index (χ1v) is 8.18. The summed E-state index contributed by atoms with van der Waals surface area (Å²) in [4.78, 5) is 18.6. The number of nitrogens with one attached hydrogen (secondary N) is 1. The highest BCUT2D eigenvalue weighted by Gasteiger charge is 2.10. The first-order valence-electron chi connectivity index (χ1n) is 7.80. The van der Waals surface area contributed by atoms with Crippen molar-refractivity contribution in [2.24, 2.45) is 0 Å². The Balaban J connectivity index is 2.01. The molecule has 0 aliphatic rings. The van der Waals surface area contributed by atoms with E-state index in [0.29, 0.717) is 17.3 Å². The molecule has 2 rings (SSSR count). The van der Waals surface area contributed by atoms with Crippen LogP contribution in [0.4, 0.5) is 5.69 Å². The van der Waals surface area contributed by atoms with Crippen molar-refractivity contribution in [3.05, 3.63) is 58.9 Å². The van der Waals surface area contributed by atoms with E-state index in [9.17, 15) is 4.79 Å². The van der Waals surface area contributed by atoms with Gasteiger partial charge in [0.05, 0.1) is 0 Å². The molecule has 122 valence electrons. The lowest BCUT2D eigenvalue weighted by Crippen LogP contribution is -2.25. The molecule has 0 saturated heterocycles. The van der Waals surface area contributed by atoms with Crippen LogP contribution in [-0.2, 0) is 6.54 Å². The summed E-state index contributed by atoms with van der Waals surface area (Å²) in [6, 6.07) is 11.2. The minimum Gasteiger partial charge on any atom is -0.374 e. The van der Waals surface area contributed by atoms with Gasteiger partial charge >= 0.3 is 0 Å². The second-order valence-electron chi connectivity index (χ2n) is 5.45. The van der Waals surface area contributed by atoms with Crippen LogP contribution in [0.1, 0.15) is 35.8 Å². The van der Waals surface area contributed by atoms with Gasteiger partial charge in [0.25, 0.3) is 5.91 Å². The van der Waals surface area contributed by atoms with Crippen molar-refractivity contribution in [1.29, 1.82) is 0 Å². The fourth-order valence-electron chi connectivity index (χ4n) is 2.21. The van der Waals surface area contributed by atoms with Crippen LogP contribution in [0.2, 0.25) is 5.02 Å². The van der Waals surface area contributed by atoms with E-state index in [2.05, 4.69) is 22.1 Å². The molecule has 0 saturated carbocycles. The number of hydrogen-bond acceptors (Lipinski definition) is 3. The lowest BCUT2D eigenvalue weighted by atomic mass is 10.2. The average molecular weight is 332 g/mol. The maximum atomic E-state index is 12.3. The number of amides is 1. The number of carbonyl (C=O) groups excluding carboxylic acids is 1. The van der Waals surface area contributed by atoms with E-state index in [0.717, 1.165) is 30.6 Å². The van der Waals surface area contributed by atoms with E-state index in [4.69, 9.17) is 11.6 Å². The van der Waals surface area contributed by atoms with Crippen LogP contribution >= 0.6 is 11.6 Å². The zero-order valence-electron chi connectivity index (χ0n) is 13.6. The molecule has 0 spiro atoms. The summed E-state index contributed by atoms with van der Waals surface area (Å²) >= 11 is 6.10. The Morgan fingerprint density at radius 1 is 1.30 bits per heavy atom. The van der Waals surface area contributed by atoms with Crippen LogP contribution in [-0.4, -0.2) is 24.5 Å². The number of anilines is 1. The van der Waals surface area contributed by atoms with Gasteiger partial charge in [0.1, 0.15) is 5.69 Å². The van der Waals surface area contributed by atoms with Gasteiger partial charge < -0.3 is 10.2 Å². The number of carbonyl (C=O) groups is 1. The summed E-state index contributed by atoms with van der Waals surface area (Å²) < 4.78 is 0. The molecule has 1 aromatic heterocycles. The number of benzene rings is 1. The standard InChI is InChI=1S/C18H22ClN3O/c1-3-4-11-22(2)15-9-10-20-17(12-15)18(23)21-13-14-7-5-6-8-16(14)19/h5-10,12H,3-4,11,13H2,1-2H3,(H,21,23). The first kappa shape index (κ1) is 17.3. The van der Waals surface area contributed by atoms with E-state index < -0.39 is 0 Å². The number of halogens is 1. The van der Waals surface area contributed by atoms with Crippen molar-refractivity contribution in [2.45, 2.75) is 26.3 Å². The van der Waals surface area contributed by atoms with Crippen molar-refractivity contribution >= 4 is 23.2 Å². The monoisotopic (exact) mass is 331 g/mol. The van der Waals surface area contributed by atoms with Crippen LogP contribution in [0.25, 0.3) is 0 Å². The molecule has 23 heavy (non-hydrogen) atoms. The van der Waals surface area contributed by atoms with Crippen LogP contribution in [0.3, 0.4) is 0 Å². The molecule has 0 aliphatic carbocycles. The van der Waals surface area contributed by atoms with Crippen LogP contribution < -0.4 is 10.2 Å². The molecule has 1 N–H and O–H groups in total. The molecule has 1 heterocycles. The van der Waals surface area contributed by atoms with Gasteiger partial charge in [0.15, 0.2) is 0 Å². The zero-order chi connectivity index (χ0) is 16.7. The fraction of sp³-hybridized carbons (Fsp3) is 0.333. The Kier molecular flexibility index (Phi) is 6.41. The number of hydrogen-bond donors (Lipinski definition) is 1. The molecular weight excluding hydrogens is 310 g/mol. The van der Waals surface area contributed by atoms with Gasteiger partial charge in [-0.2, -0.15) is 0 Å². The Labute approximate surface area is 142 Å². The Hall–Kier alpha value is -2.07. The van der Waals surface area contributed by atoms with Gasteiger partial charge in [-0.3, -0.25) is 9.78 Å². The summed E-state index contributed by atoms with van der Waals surface area (Å²) in [5, 5.41) is 3.51. The highest BCUT2D eigenvalue weighted by molar-refractivity contribution is 6.31. The van der Waals surface area contributed by atoms with Crippen molar-refractivity contribution in [3.8, 4) is 0 Å². The molecule has 1 amide bonds. The minimum atomic E-state index is -0.198. The molecule has 0 atom stereocenters. The number of pyridine rings is 1. The predicted octanol–water partition coefficient (Wildman–Crippen LogP) is 3.90. The zero-order valence-corrected chi connectivity index (χ0v) is 14.3. The van der Waals surface area contributed by atoms with E-state index in [1.54, 1.807) is 6.20 Å². The fourth-order valence-corrected chi connectivity index (χ4v) is 2.42. The summed E-state index contributed by atoms with van der Waals surface area (Å²) in [5.41, 5.74) is 2.30. The second-order valence-corrected chi connectivity index (χ2v) is 5.86. The third-order valence-electron chi connectivity index (χ3n) is 3.66. The van der Waals surface area contributed by atoms with E-state index in [1.807, 2.05) is 43.4 Å². The summed E-state index contributed by atoms with van der Waals surface area (Å²) in [6.45, 7) is 3.51. The molecule has 0 fully saturated rings. The van der Waals surface area contributed by atoms with Gasteiger partial charge in [-0.25, -0.2) is 0 Å². The van der Waals surface area contributed by atoms with E-state index in [-0.39, 0.29) is 5.91 Å². The number of aromatic nitrogens is 1. The maximum absolute atomic E-state index is 12.3. The van der Waals surface area contributed by atoms with Gasteiger partial charge in [0, 0.05) is 37.0 Å². The highest BCUT2D eigenvalue weighted by Crippen LogP contribution is 2.16. The Morgan fingerprint density at radius 2 is 2.09 bits per heavy atom. The summed E-state index contributed by atoms with van der Waals surface area (Å²) in [5.74, 6) is -0.198. The average Bonchev–Trinajstić information content (AvgIpc) is 2.58. The lowest BCUT2D eigenvalue weighted by molar-refractivity contribution is 0.0946. The Bertz CT molecular complexity index is 660. The van der Waals surface area contributed by atoms with Crippen molar-refractivity contribution in [2.75, 3.05) is 18.5 Å². The predicted molar refractivity (Wildman–Crippen MR) is 95.0 cm³/mol. The number of unbranched alkanes of at least 4 members (excludes halogenated alkanes) is 1. The van der Waals surface area contributed by atoms with Gasteiger partial charge in [0.2, 0.25) is 0 Å². The van der Waals surface area contributed by atoms with E-state index in [1.165, 1.54) is 0 Å². The van der Waals surface area contributed by atoms with E-state index >= 15 is 0 Å². The molecule has 0 unspecified atom stereocenters. The highest BCUT2D eigenvalue weighted by atomic mass is 35.5. The lowest BCUT2D eigenvalue weighted by Gasteiger charge is -2.19. The molecule has 2 aromatic rings. The number of nitrogens with zero attached hydrogens (tertiary/aromatic N) is 2. The SMILES string of the molecule is CCCCN(C)c1ccnc(C(=O)NCc2ccccc2Cl)c1. The minimum absolute atomic E-state index is 0.198. The molecule has 1 aromatic carbocycles. The third kappa shape index (κ3) is 4.96. The first-order chi connectivity index (χ1) is 11.1. The second kappa shape index (κ2) is 8.53. The van der Waals surface area contributed by atoms with Crippen molar-refractivity contribution in [3.63, 3.8) is 0 Å². The van der Waals surface area contributed by atoms with Crippen molar-refractivity contribution in [1.82, 2.24) is 10.3 Å². The molecule has 4 nitrogen and oxygen atoms in total. The van der Waals surface area contributed by atoms with Crippen LogP contribution in [0.5, 0.6) is 0 Å². The smallest absolute Gasteiger partial charge is 0.270 e. The number of rotatable bonds is 7. The molecule has 0 aliphatic heterocycles. The topological polar surface area (TPSA) is 45.2 Å². The van der Waals surface area contributed by atoms with Crippen LogP contribution in [0, 0.1) is 0 Å². The maximum Gasteiger partial charge on any atom is 0.270 e. The normalized spacial score (nSPS) is 10.4.